The Bertz CT molecular complexity index is 684. The summed E-state index contributed by atoms with van der Waals surface area (Å²) < 4.78 is 14.7. The Morgan fingerprint density at radius 3 is 2.57 bits per heavy atom. The van der Waals surface area contributed by atoms with Crippen molar-refractivity contribution >= 4 is 27.4 Å². The molecule has 0 saturated heterocycles. The standard InChI is InChI=1S/C17H17BrFNO/c1-11-8-17(14(12(2)21)9-16(11)19)20(3)10-13-6-4-5-7-15(13)18/h4-9H,10H2,1-3H3. The van der Waals surface area contributed by atoms with Crippen molar-refractivity contribution in [2.45, 2.75) is 20.4 Å². The van der Waals surface area contributed by atoms with Gasteiger partial charge in [0.15, 0.2) is 5.78 Å². The van der Waals surface area contributed by atoms with Gasteiger partial charge in [-0.3, -0.25) is 4.79 Å². The van der Waals surface area contributed by atoms with Crippen LogP contribution in [0.3, 0.4) is 0 Å². The molecule has 21 heavy (non-hydrogen) atoms. The van der Waals surface area contributed by atoms with Crippen LogP contribution < -0.4 is 4.90 Å². The average molecular weight is 350 g/mol. The second kappa shape index (κ2) is 6.39. The lowest BCUT2D eigenvalue weighted by Gasteiger charge is -2.23. The van der Waals surface area contributed by atoms with Crippen LogP contribution >= 0.6 is 15.9 Å². The highest BCUT2D eigenvalue weighted by Gasteiger charge is 2.15. The van der Waals surface area contributed by atoms with Crippen LogP contribution in [0.1, 0.15) is 28.4 Å². The molecule has 0 fully saturated rings. The van der Waals surface area contributed by atoms with E-state index in [9.17, 15) is 9.18 Å². The first-order chi connectivity index (χ1) is 9.90. The summed E-state index contributed by atoms with van der Waals surface area (Å²) in [4.78, 5) is 13.7. The fraction of sp³-hybridized carbons (Fsp3) is 0.235. The van der Waals surface area contributed by atoms with Gasteiger partial charge in [0.05, 0.1) is 0 Å². The minimum absolute atomic E-state index is 0.136. The molecule has 2 rings (SSSR count). The average Bonchev–Trinajstić information content (AvgIpc) is 2.43. The summed E-state index contributed by atoms with van der Waals surface area (Å²) in [6, 6.07) is 11.0. The third-order valence-corrected chi connectivity index (χ3v) is 4.21. The monoisotopic (exact) mass is 349 g/mol. The number of carbonyl (C=O) groups excluding carboxylic acids is 1. The first-order valence-corrected chi connectivity index (χ1v) is 7.45. The van der Waals surface area contributed by atoms with Gasteiger partial charge in [-0.25, -0.2) is 4.39 Å². The lowest BCUT2D eigenvalue weighted by atomic mass is 10.0. The van der Waals surface area contributed by atoms with Crippen LogP contribution in [0.5, 0.6) is 0 Å². The van der Waals surface area contributed by atoms with E-state index in [4.69, 9.17) is 0 Å². The lowest BCUT2D eigenvalue weighted by molar-refractivity contribution is 0.101. The van der Waals surface area contributed by atoms with E-state index in [0.29, 0.717) is 17.7 Å². The van der Waals surface area contributed by atoms with Gasteiger partial charge in [0.1, 0.15) is 5.82 Å². The molecule has 0 bridgehead atoms. The molecule has 0 unspecified atom stereocenters. The van der Waals surface area contributed by atoms with Gasteiger partial charge < -0.3 is 4.90 Å². The smallest absolute Gasteiger partial charge is 0.161 e. The maximum Gasteiger partial charge on any atom is 0.161 e. The number of halogens is 2. The number of Topliss-reactive ketones (excluding diaryl/α,β-unsaturated/α-hetero) is 1. The molecule has 0 aromatic heterocycles. The molecule has 0 aliphatic rings. The molecule has 0 heterocycles. The minimum Gasteiger partial charge on any atom is -0.370 e. The molecule has 0 aliphatic carbocycles. The van der Waals surface area contributed by atoms with Crippen LogP contribution in [0.2, 0.25) is 0 Å². The Morgan fingerprint density at radius 2 is 1.95 bits per heavy atom. The summed E-state index contributed by atoms with van der Waals surface area (Å²) in [6.45, 7) is 3.79. The van der Waals surface area contributed by atoms with E-state index >= 15 is 0 Å². The van der Waals surface area contributed by atoms with Crippen molar-refractivity contribution in [3.8, 4) is 0 Å². The fourth-order valence-electron chi connectivity index (χ4n) is 2.23. The van der Waals surface area contributed by atoms with Crippen molar-refractivity contribution in [3.63, 3.8) is 0 Å². The highest BCUT2D eigenvalue weighted by molar-refractivity contribution is 9.10. The first kappa shape index (κ1) is 15.7. The number of nitrogens with zero attached hydrogens (tertiary/aromatic N) is 1. The van der Waals surface area contributed by atoms with E-state index in [0.717, 1.165) is 15.7 Å². The number of hydrogen-bond acceptors (Lipinski definition) is 2. The van der Waals surface area contributed by atoms with Gasteiger partial charge in [-0.1, -0.05) is 34.1 Å². The molecule has 2 aromatic carbocycles. The summed E-state index contributed by atoms with van der Waals surface area (Å²) in [5, 5.41) is 0. The maximum absolute atomic E-state index is 13.7. The van der Waals surface area contributed by atoms with Crippen molar-refractivity contribution in [3.05, 3.63) is 63.4 Å². The molecule has 0 atom stereocenters. The van der Waals surface area contributed by atoms with E-state index in [1.807, 2.05) is 36.2 Å². The molecule has 110 valence electrons. The molecule has 0 spiro atoms. The molecule has 2 aromatic rings. The van der Waals surface area contributed by atoms with E-state index in [1.165, 1.54) is 13.0 Å². The van der Waals surface area contributed by atoms with Crippen LogP contribution in [0.15, 0.2) is 40.9 Å². The topological polar surface area (TPSA) is 20.3 Å². The third-order valence-electron chi connectivity index (χ3n) is 3.43. The zero-order chi connectivity index (χ0) is 15.6. The number of aryl methyl sites for hydroxylation is 1. The molecule has 0 aliphatic heterocycles. The second-order valence-corrected chi connectivity index (χ2v) is 5.98. The normalized spacial score (nSPS) is 10.5. The molecule has 0 saturated carbocycles. The van der Waals surface area contributed by atoms with E-state index < -0.39 is 0 Å². The number of ketones is 1. The van der Waals surface area contributed by atoms with Gasteiger partial charge in [0.25, 0.3) is 0 Å². The Balaban J connectivity index is 2.39. The van der Waals surface area contributed by atoms with Crippen molar-refractivity contribution in [1.29, 1.82) is 0 Å². The van der Waals surface area contributed by atoms with Gasteiger partial charge in [-0.15, -0.1) is 0 Å². The maximum atomic E-state index is 13.7. The third kappa shape index (κ3) is 3.50. The Hall–Kier alpha value is -1.68. The molecule has 4 heteroatoms. The SMILES string of the molecule is CC(=O)c1cc(F)c(C)cc1N(C)Cc1ccccc1Br. The van der Waals surface area contributed by atoms with Crippen molar-refractivity contribution < 1.29 is 9.18 Å². The number of hydrogen-bond donors (Lipinski definition) is 0. The van der Waals surface area contributed by atoms with Gasteiger partial charge in [0, 0.05) is 29.3 Å². The molecule has 2 nitrogen and oxygen atoms in total. The van der Waals surface area contributed by atoms with Crippen LogP contribution in [0, 0.1) is 12.7 Å². The highest BCUT2D eigenvalue weighted by atomic mass is 79.9. The van der Waals surface area contributed by atoms with Gasteiger partial charge >= 0.3 is 0 Å². The van der Waals surface area contributed by atoms with E-state index in [1.54, 1.807) is 13.0 Å². The zero-order valence-corrected chi connectivity index (χ0v) is 13.9. The summed E-state index contributed by atoms with van der Waals surface area (Å²) >= 11 is 3.52. The zero-order valence-electron chi connectivity index (χ0n) is 12.3. The first-order valence-electron chi connectivity index (χ1n) is 6.65. The largest absolute Gasteiger partial charge is 0.370 e. The van der Waals surface area contributed by atoms with E-state index in [2.05, 4.69) is 15.9 Å². The second-order valence-electron chi connectivity index (χ2n) is 5.12. The molecule has 0 N–H and O–H groups in total. The molecular formula is C17H17BrFNO. The van der Waals surface area contributed by atoms with Crippen LogP contribution in [0.25, 0.3) is 0 Å². The Kier molecular flexibility index (Phi) is 4.78. The van der Waals surface area contributed by atoms with Gasteiger partial charge in [0.2, 0.25) is 0 Å². The van der Waals surface area contributed by atoms with Crippen molar-refractivity contribution in [1.82, 2.24) is 0 Å². The summed E-state index contributed by atoms with van der Waals surface area (Å²) in [5.74, 6) is -0.485. The number of rotatable bonds is 4. The predicted octanol–water partition coefficient (Wildman–Crippen LogP) is 4.74. The van der Waals surface area contributed by atoms with Gasteiger partial charge in [-0.05, 0) is 43.2 Å². The minimum atomic E-state index is -0.349. The lowest BCUT2D eigenvalue weighted by Crippen LogP contribution is -2.19. The Labute approximate surface area is 132 Å². The molecule has 0 amide bonds. The molecular weight excluding hydrogens is 333 g/mol. The number of anilines is 1. The predicted molar refractivity (Wildman–Crippen MR) is 87.4 cm³/mol. The Morgan fingerprint density at radius 1 is 1.29 bits per heavy atom. The summed E-state index contributed by atoms with van der Waals surface area (Å²) in [6.07, 6.45) is 0. The van der Waals surface area contributed by atoms with Crippen LogP contribution in [0.4, 0.5) is 10.1 Å². The highest BCUT2D eigenvalue weighted by Crippen LogP contribution is 2.27. The van der Waals surface area contributed by atoms with E-state index in [-0.39, 0.29) is 11.6 Å². The fourth-order valence-corrected chi connectivity index (χ4v) is 2.64. The summed E-state index contributed by atoms with van der Waals surface area (Å²) in [7, 11) is 1.90. The quantitative estimate of drug-likeness (QED) is 0.743. The molecule has 0 radical (unpaired) electrons. The summed E-state index contributed by atoms with van der Waals surface area (Å²) in [5.41, 5.74) is 2.80. The van der Waals surface area contributed by atoms with Crippen molar-refractivity contribution in [2.75, 3.05) is 11.9 Å². The van der Waals surface area contributed by atoms with Crippen LogP contribution in [-0.2, 0) is 6.54 Å². The van der Waals surface area contributed by atoms with Gasteiger partial charge in [-0.2, -0.15) is 0 Å². The van der Waals surface area contributed by atoms with Crippen LogP contribution in [-0.4, -0.2) is 12.8 Å². The van der Waals surface area contributed by atoms with Crippen molar-refractivity contribution in [2.24, 2.45) is 0 Å². The number of carbonyl (C=O) groups is 1. The number of benzene rings is 2.